The fourth-order valence-electron chi connectivity index (χ4n) is 3.10. The lowest BCUT2D eigenvalue weighted by molar-refractivity contribution is -0.107. The number of hydrogen-bond donors (Lipinski definition) is 1. The van der Waals surface area contributed by atoms with Gasteiger partial charge in [-0.3, -0.25) is 9.88 Å². The summed E-state index contributed by atoms with van der Waals surface area (Å²) in [6.45, 7) is 12.9. The highest BCUT2D eigenvalue weighted by atomic mass is 16.5. The van der Waals surface area contributed by atoms with Crippen molar-refractivity contribution in [3.8, 4) is 5.75 Å². The Balaban J connectivity index is 2.17. The number of pyridine rings is 1. The molecule has 2 rings (SSSR count). The summed E-state index contributed by atoms with van der Waals surface area (Å²) in [4.78, 5) is 6.96. The van der Waals surface area contributed by atoms with Crippen molar-refractivity contribution < 1.29 is 9.84 Å². The lowest BCUT2D eigenvalue weighted by Crippen LogP contribution is -2.55. The van der Waals surface area contributed by atoms with Gasteiger partial charge in [0.1, 0.15) is 5.75 Å². The third kappa shape index (κ3) is 3.06. The Morgan fingerprint density at radius 2 is 2.00 bits per heavy atom. The van der Waals surface area contributed by atoms with Crippen molar-refractivity contribution in [1.82, 2.24) is 9.88 Å². The van der Waals surface area contributed by atoms with Crippen molar-refractivity contribution in [3.05, 3.63) is 23.0 Å². The number of aromatic nitrogens is 1. The van der Waals surface area contributed by atoms with E-state index in [0.29, 0.717) is 0 Å². The third-order valence-corrected chi connectivity index (χ3v) is 5.11. The molecule has 0 spiro atoms. The van der Waals surface area contributed by atoms with Crippen LogP contribution in [0.3, 0.4) is 0 Å². The minimum atomic E-state index is -0.600. The van der Waals surface area contributed by atoms with Crippen molar-refractivity contribution in [1.29, 1.82) is 0 Å². The molecule has 1 aromatic heterocycles. The summed E-state index contributed by atoms with van der Waals surface area (Å²) in [7, 11) is 1.71. The fraction of sp³-hybridized carbons (Fsp3) is 0.706. The molecule has 1 fully saturated rings. The predicted octanol–water partition coefficient (Wildman–Crippen LogP) is 2.69. The molecule has 21 heavy (non-hydrogen) atoms. The number of methoxy groups -OCH3 is 1. The molecule has 2 heterocycles. The fourth-order valence-corrected chi connectivity index (χ4v) is 3.10. The van der Waals surface area contributed by atoms with Gasteiger partial charge in [-0.15, -0.1) is 0 Å². The van der Waals surface area contributed by atoms with Gasteiger partial charge in [-0.05, 0) is 27.2 Å². The highest BCUT2D eigenvalue weighted by Crippen LogP contribution is 2.38. The zero-order valence-electron chi connectivity index (χ0n) is 14.2. The molecule has 1 aromatic rings. The second kappa shape index (κ2) is 5.58. The first-order valence-electron chi connectivity index (χ1n) is 7.62. The zero-order valence-corrected chi connectivity index (χ0v) is 14.2. The minimum absolute atomic E-state index is 0.117. The van der Waals surface area contributed by atoms with Gasteiger partial charge in [0.15, 0.2) is 0 Å². The van der Waals surface area contributed by atoms with Gasteiger partial charge >= 0.3 is 0 Å². The van der Waals surface area contributed by atoms with E-state index < -0.39 is 5.60 Å². The molecule has 0 bridgehead atoms. The van der Waals surface area contributed by atoms with Gasteiger partial charge in [-0.1, -0.05) is 13.8 Å². The Morgan fingerprint density at radius 1 is 1.33 bits per heavy atom. The van der Waals surface area contributed by atoms with Crippen molar-refractivity contribution in [2.75, 3.05) is 20.2 Å². The molecular formula is C17H28N2O2. The largest absolute Gasteiger partial charge is 0.496 e. The molecule has 1 saturated heterocycles. The molecule has 0 amide bonds. The van der Waals surface area contributed by atoms with Crippen LogP contribution >= 0.6 is 0 Å². The van der Waals surface area contributed by atoms with Gasteiger partial charge in [-0.2, -0.15) is 0 Å². The normalized spacial score (nSPS) is 25.9. The number of likely N-dealkylation sites (tertiary alicyclic amines) is 1. The van der Waals surface area contributed by atoms with Crippen LogP contribution in [0.15, 0.2) is 6.20 Å². The van der Waals surface area contributed by atoms with Crippen molar-refractivity contribution in [3.63, 3.8) is 0 Å². The Kier molecular flexibility index (Phi) is 4.31. The highest BCUT2D eigenvalue weighted by Gasteiger charge is 2.43. The van der Waals surface area contributed by atoms with Crippen molar-refractivity contribution in [2.45, 2.75) is 53.2 Å². The van der Waals surface area contributed by atoms with Gasteiger partial charge < -0.3 is 9.84 Å². The SMILES string of the molecule is COc1c(C)cnc(CN2CC[C@@](C)(O)C(C)(C)C2)c1C. The molecule has 1 aliphatic rings. The first kappa shape index (κ1) is 16.2. The van der Waals surface area contributed by atoms with Crippen LogP contribution in [0.25, 0.3) is 0 Å². The second-order valence-electron chi connectivity index (χ2n) is 7.16. The monoisotopic (exact) mass is 292 g/mol. The molecule has 118 valence electrons. The minimum Gasteiger partial charge on any atom is -0.496 e. The summed E-state index contributed by atoms with van der Waals surface area (Å²) in [6.07, 6.45) is 2.68. The summed E-state index contributed by atoms with van der Waals surface area (Å²) >= 11 is 0. The van der Waals surface area contributed by atoms with E-state index in [1.807, 2.05) is 20.0 Å². The molecule has 1 N–H and O–H groups in total. The van der Waals surface area contributed by atoms with E-state index in [1.165, 1.54) is 0 Å². The molecule has 0 aliphatic carbocycles. The summed E-state index contributed by atoms with van der Waals surface area (Å²) in [5, 5.41) is 10.5. The summed E-state index contributed by atoms with van der Waals surface area (Å²) < 4.78 is 5.48. The standard InChI is InChI=1S/C17H28N2O2/c1-12-9-18-14(13(2)15(12)21-6)10-19-8-7-17(5,20)16(3,4)11-19/h9,20H,7-8,10-11H2,1-6H3/t17-/m1/s1. The molecular weight excluding hydrogens is 264 g/mol. The maximum Gasteiger partial charge on any atom is 0.128 e. The van der Waals surface area contributed by atoms with Crippen molar-refractivity contribution in [2.24, 2.45) is 5.41 Å². The summed E-state index contributed by atoms with van der Waals surface area (Å²) in [5.41, 5.74) is 2.54. The maximum atomic E-state index is 10.5. The molecule has 0 radical (unpaired) electrons. The maximum absolute atomic E-state index is 10.5. The second-order valence-corrected chi connectivity index (χ2v) is 7.16. The number of nitrogens with zero attached hydrogens (tertiary/aromatic N) is 2. The van der Waals surface area contributed by atoms with Crippen LogP contribution in [0.1, 0.15) is 44.0 Å². The van der Waals surface area contributed by atoms with Crippen LogP contribution in [-0.4, -0.2) is 40.8 Å². The van der Waals surface area contributed by atoms with Gasteiger partial charge in [-0.25, -0.2) is 0 Å². The number of piperidine rings is 1. The number of aryl methyl sites for hydroxylation is 1. The molecule has 1 atom stereocenters. The predicted molar refractivity (Wildman–Crippen MR) is 84.6 cm³/mol. The van der Waals surface area contributed by atoms with Gasteiger partial charge in [0.25, 0.3) is 0 Å². The number of aliphatic hydroxyl groups is 1. The van der Waals surface area contributed by atoms with Crippen LogP contribution in [0.4, 0.5) is 0 Å². The Hall–Kier alpha value is -1.13. The van der Waals surface area contributed by atoms with E-state index >= 15 is 0 Å². The van der Waals surface area contributed by atoms with Crippen LogP contribution < -0.4 is 4.74 Å². The van der Waals surface area contributed by atoms with E-state index in [9.17, 15) is 5.11 Å². The summed E-state index contributed by atoms with van der Waals surface area (Å²) in [5.74, 6) is 0.934. The topological polar surface area (TPSA) is 45.6 Å². The van der Waals surface area contributed by atoms with Crippen LogP contribution in [0.5, 0.6) is 5.75 Å². The van der Waals surface area contributed by atoms with E-state index in [1.54, 1.807) is 7.11 Å². The Labute approximate surface area is 128 Å². The smallest absolute Gasteiger partial charge is 0.128 e. The molecule has 0 aromatic carbocycles. The van der Waals surface area contributed by atoms with Crippen LogP contribution in [0, 0.1) is 19.3 Å². The molecule has 4 heteroatoms. The van der Waals surface area contributed by atoms with Gasteiger partial charge in [0.2, 0.25) is 0 Å². The average Bonchev–Trinajstić information content (AvgIpc) is 2.38. The lowest BCUT2D eigenvalue weighted by Gasteiger charge is -2.48. The molecule has 0 unspecified atom stereocenters. The quantitative estimate of drug-likeness (QED) is 0.930. The number of rotatable bonds is 3. The van der Waals surface area contributed by atoms with E-state index in [4.69, 9.17) is 4.74 Å². The van der Waals surface area contributed by atoms with Crippen molar-refractivity contribution >= 4 is 0 Å². The third-order valence-electron chi connectivity index (χ3n) is 5.11. The van der Waals surface area contributed by atoms with Gasteiger partial charge in [0, 0.05) is 42.4 Å². The Bertz CT molecular complexity index is 524. The highest BCUT2D eigenvalue weighted by molar-refractivity contribution is 5.41. The number of hydrogen-bond acceptors (Lipinski definition) is 4. The van der Waals surface area contributed by atoms with Gasteiger partial charge in [0.05, 0.1) is 18.4 Å². The van der Waals surface area contributed by atoms with E-state index in [0.717, 1.165) is 48.6 Å². The Morgan fingerprint density at radius 3 is 2.57 bits per heavy atom. The lowest BCUT2D eigenvalue weighted by atomic mass is 9.71. The van der Waals surface area contributed by atoms with Crippen LogP contribution in [-0.2, 0) is 6.54 Å². The first-order valence-corrected chi connectivity index (χ1v) is 7.62. The molecule has 1 aliphatic heterocycles. The summed E-state index contributed by atoms with van der Waals surface area (Å²) in [6, 6.07) is 0. The van der Waals surface area contributed by atoms with Crippen LogP contribution in [0.2, 0.25) is 0 Å². The molecule has 4 nitrogen and oxygen atoms in total. The average molecular weight is 292 g/mol. The van der Waals surface area contributed by atoms with E-state index in [-0.39, 0.29) is 5.41 Å². The zero-order chi connectivity index (χ0) is 15.8. The first-order chi connectivity index (χ1) is 9.68. The molecule has 0 saturated carbocycles. The van der Waals surface area contributed by atoms with E-state index in [2.05, 4.69) is 30.7 Å². The number of ether oxygens (including phenoxy) is 1.